The van der Waals surface area contributed by atoms with Crippen LogP contribution < -0.4 is 14.9 Å². The van der Waals surface area contributed by atoms with Gasteiger partial charge >= 0.3 is 5.97 Å². The molecule has 0 saturated carbocycles. The minimum absolute atomic E-state index is 0.119. The second kappa shape index (κ2) is 11.6. The van der Waals surface area contributed by atoms with Gasteiger partial charge in [0.05, 0.1) is 16.7 Å². The Kier molecular flexibility index (Phi) is 8.29. The first-order valence-corrected chi connectivity index (χ1v) is 10.8. The van der Waals surface area contributed by atoms with Gasteiger partial charge in [-0.1, -0.05) is 38.1 Å². The summed E-state index contributed by atoms with van der Waals surface area (Å²) in [5.74, 6) is 0.109. The molecule has 3 rings (SSSR count). The first kappa shape index (κ1) is 25.1. The van der Waals surface area contributed by atoms with Crippen LogP contribution in [0.5, 0.6) is 11.5 Å². The zero-order valence-electron chi connectivity index (χ0n) is 19.6. The summed E-state index contributed by atoms with van der Waals surface area (Å²) in [4.78, 5) is 34.6. The lowest BCUT2D eigenvalue weighted by molar-refractivity contribution is -0.384. The Morgan fingerprint density at radius 1 is 1.09 bits per heavy atom. The maximum absolute atomic E-state index is 12.3. The number of rotatable bonds is 9. The van der Waals surface area contributed by atoms with Crippen molar-refractivity contribution in [1.82, 2.24) is 5.43 Å². The molecule has 0 unspecified atom stereocenters. The van der Waals surface area contributed by atoms with E-state index in [4.69, 9.17) is 9.47 Å². The molecule has 1 amide bonds. The number of ether oxygens (including phenoxy) is 2. The van der Waals surface area contributed by atoms with Crippen LogP contribution in [0.4, 0.5) is 5.69 Å². The van der Waals surface area contributed by atoms with E-state index in [2.05, 4.69) is 24.4 Å². The van der Waals surface area contributed by atoms with Crippen LogP contribution in [0.15, 0.2) is 71.8 Å². The summed E-state index contributed by atoms with van der Waals surface area (Å²) < 4.78 is 11.0. The zero-order valence-corrected chi connectivity index (χ0v) is 19.6. The first-order chi connectivity index (χ1) is 16.7. The fourth-order valence-corrected chi connectivity index (χ4v) is 3.14. The SMILES string of the molecule is Cc1ccc(C(C)C)c(OCC(=O)N/N=C\c2cccc(OC(=O)c3ccc([N+](=O)[O-])cc3)c2)c1. The van der Waals surface area contributed by atoms with Crippen molar-refractivity contribution < 1.29 is 24.0 Å². The molecule has 0 aromatic heterocycles. The Balaban J connectivity index is 1.54. The van der Waals surface area contributed by atoms with E-state index in [-0.39, 0.29) is 29.5 Å². The number of nitro benzene ring substituents is 1. The van der Waals surface area contributed by atoms with Crippen molar-refractivity contribution in [3.05, 3.63) is 99.1 Å². The van der Waals surface area contributed by atoms with E-state index < -0.39 is 16.8 Å². The van der Waals surface area contributed by atoms with E-state index in [1.165, 1.54) is 30.5 Å². The molecule has 0 radical (unpaired) electrons. The molecule has 0 aliphatic carbocycles. The lowest BCUT2D eigenvalue weighted by Crippen LogP contribution is -2.25. The standard InChI is InChI=1S/C26H25N3O6/c1-17(2)23-12-7-18(3)13-24(23)34-16-25(30)28-27-15-19-5-4-6-22(14-19)35-26(31)20-8-10-21(11-9-20)29(32)33/h4-15,17H,16H2,1-3H3,(H,28,30)/b27-15-. The second-order valence-electron chi connectivity index (χ2n) is 8.04. The van der Waals surface area contributed by atoms with Gasteiger partial charge < -0.3 is 9.47 Å². The number of nitrogens with one attached hydrogen (secondary N) is 1. The van der Waals surface area contributed by atoms with Gasteiger partial charge in [-0.15, -0.1) is 0 Å². The molecule has 0 atom stereocenters. The number of carbonyl (C=O) groups is 2. The lowest BCUT2D eigenvalue weighted by Gasteiger charge is -2.14. The predicted octanol–water partition coefficient (Wildman–Crippen LogP) is 4.77. The van der Waals surface area contributed by atoms with E-state index in [0.29, 0.717) is 11.3 Å². The molecule has 0 spiro atoms. The van der Waals surface area contributed by atoms with Crippen LogP contribution in [0.3, 0.4) is 0 Å². The number of non-ortho nitro benzene ring substituents is 1. The van der Waals surface area contributed by atoms with Crippen LogP contribution in [0.1, 0.15) is 46.8 Å². The molecule has 0 fully saturated rings. The van der Waals surface area contributed by atoms with Gasteiger partial charge in [-0.25, -0.2) is 10.2 Å². The van der Waals surface area contributed by atoms with Crippen LogP contribution in [0, 0.1) is 17.0 Å². The van der Waals surface area contributed by atoms with Crippen molar-refractivity contribution in [1.29, 1.82) is 0 Å². The number of carbonyl (C=O) groups excluding carboxylic acids is 2. The van der Waals surface area contributed by atoms with Crippen molar-refractivity contribution in [3.8, 4) is 11.5 Å². The molecule has 0 heterocycles. The summed E-state index contributed by atoms with van der Waals surface area (Å²) in [6.45, 7) is 5.88. The van der Waals surface area contributed by atoms with E-state index in [0.717, 1.165) is 11.1 Å². The molecule has 35 heavy (non-hydrogen) atoms. The van der Waals surface area contributed by atoms with Crippen molar-refractivity contribution in [2.45, 2.75) is 26.7 Å². The number of esters is 1. The maximum Gasteiger partial charge on any atom is 0.343 e. The third-order valence-corrected chi connectivity index (χ3v) is 4.94. The second-order valence-corrected chi connectivity index (χ2v) is 8.04. The van der Waals surface area contributed by atoms with Gasteiger partial charge in [0.25, 0.3) is 11.6 Å². The molecule has 0 saturated heterocycles. The molecule has 9 nitrogen and oxygen atoms in total. The van der Waals surface area contributed by atoms with Crippen LogP contribution in [-0.4, -0.2) is 29.6 Å². The molecule has 180 valence electrons. The molecule has 0 bridgehead atoms. The van der Waals surface area contributed by atoms with Gasteiger partial charge in [-0.2, -0.15) is 5.10 Å². The summed E-state index contributed by atoms with van der Waals surface area (Å²) >= 11 is 0. The van der Waals surface area contributed by atoms with Crippen LogP contribution in [0.25, 0.3) is 0 Å². The van der Waals surface area contributed by atoms with E-state index in [1.807, 2.05) is 25.1 Å². The number of hydrogen-bond donors (Lipinski definition) is 1. The van der Waals surface area contributed by atoms with Crippen LogP contribution >= 0.6 is 0 Å². The van der Waals surface area contributed by atoms with Crippen LogP contribution in [0.2, 0.25) is 0 Å². The van der Waals surface area contributed by atoms with Gasteiger partial charge in [0.1, 0.15) is 11.5 Å². The summed E-state index contributed by atoms with van der Waals surface area (Å²) in [6.07, 6.45) is 1.41. The average molecular weight is 476 g/mol. The maximum atomic E-state index is 12.3. The van der Waals surface area contributed by atoms with Gasteiger partial charge in [-0.05, 0) is 59.9 Å². The van der Waals surface area contributed by atoms with Gasteiger partial charge in [0.2, 0.25) is 0 Å². The number of nitrogens with zero attached hydrogens (tertiary/aromatic N) is 2. The van der Waals surface area contributed by atoms with Crippen molar-refractivity contribution in [3.63, 3.8) is 0 Å². The molecule has 3 aromatic carbocycles. The Hall–Kier alpha value is -4.53. The highest BCUT2D eigenvalue weighted by Crippen LogP contribution is 2.27. The predicted molar refractivity (Wildman–Crippen MR) is 131 cm³/mol. The summed E-state index contributed by atoms with van der Waals surface area (Å²) in [7, 11) is 0. The molecule has 0 aliphatic heterocycles. The van der Waals surface area contributed by atoms with Gasteiger partial charge in [0, 0.05) is 12.1 Å². The van der Waals surface area contributed by atoms with Crippen LogP contribution in [-0.2, 0) is 4.79 Å². The van der Waals surface area contributed by atoms with Crippen molar-refractivity contribution >= 4 is 23.8 Å². The smallest absolute Gasteiger partial charge is 0.343 e. The monoisotopic (exact) mass is 475 g/mol. The summed E-state index contributed by atoms with van der Waals surface area (Å²) in [6, 6.07) is 17.5. The van der Waals surface area contributed by atoms with E-state index in [9.17, 15) is 19.7 Å². The fourth-order valence-electron chi connectivity index (χ4n) is 3.14. The highest BCUT2D eigenvalue weighted by Gasteiger charge is 2.12. The third-order valence-electron chi connectivity index (χ3n) is 4.94. The summed E-state index contributed by atoms with van der Waals surface area (Å²) in [5, 5.41) is 14.7. The average Bonchev–Trinajstić information content (AvgIpc) is 2.83. The topological polar surface area (TPSA) is 120 Å². The molecule has 0 aliphatic rings. The summed E-state index contributed by atoms with van der Waals surface area (Å²) in [5.41, 5.74) is 5.11. The van der Waals surface area contributed by atoms with E-state index in [1.54, 1.807) is 24.3 Å². The zero-order chi connectivity index (χ0) is 25.4. The number of nitro groups is 1. The number of benzene rings is 3. The largest absolute Gasteiger partial charge is 0.483 e. The minimum Gasteiger partial charge on any atom is -0.483 e. The quantitative estimate of drug-likeness (QED) is 0.156. The Morgan fingerprint density at radius 2 is 1.83 bits per heavy atom. The van der Waals surface area contributed by atoms with Gasteiger partial charge in [0.15, 0.2) is 6.61 Å². The van der Waals surface area contributed by atoms with E-state index >= 15 is 0 Å². The highest BCUT2D eigenvalue weighted by molar-refractivity contribution is 5.91. The highest BCUT2D eigenvalue weighted by atomic mass is 16.6. The third kappa shape index (κ3) is 7.23. The molecule has 1 N–H and O–H groups in total. The molecular formula is C26H25N3O6. The lowest BCUT2D eigenvalue weighted by atomic mass is 10.0. The first-order valence-electron chi connectivity index (χ1n) is 10.8. The van der Waals surface area contributed by atoms with Crippen molar-refractivity contribution in [2.75, 3.05) is 6.61 Å². The van der Waals surface area contributed by atoms with Gasteiger partial charge in [-0.3, -0.25) is 14.9 Å². The Bertz CT molecular complexity index is 1250. The number of amides is 1. The number of hydrogen-bond acceptors (Lipinski definition) is 7. The number of aryl methyl sites for hydroxylation is 1. The number of hydrazone groups is 1. The molecule has 9 heteroatoms. The fraction of sp³-hybridized carbons (Fsp3) is 0.192. The Morgan fingerprint density at radius 3 is 2.51 bits per heavy atom. The minimum atomic E-state index is -0.656. The molecule has 3 aromatic rings. The normalized spacial score (nSPS) is 10.9. The Labute approximate surface area is 202 Å². The van der Waals surface area contributed by atoms with Crippen molar-refractivity contribution in [2.24, 2.45) is 5.10 Å². The molecular weight excluding hydrogens is 450 g/mol.